The number of aromatic carboxylic acids is 1. The number of carboxylic acid groups (broad SMARTS) is 1. The number of nitrogens with zero attached hydrogens (tertiary/aromatic N) is 1. The minimum absolute atomic E-state index is 0.306. The van der Waals surface area contributed by atoms with Gasteiger partial charge in [0.2, 0.25) is 5.72 Å². The van der Waals surface area contributed by atoms with E-state index in [9.17, 15) is 9.90 Å². The van der Waals surface area contributed by atoms with Crippen LogP contribution in [0.1, 0.15) is 42.3 Å². The maximum Gasteiger partial charge on any atom is 0.335 e. The van der Waals surface area contributed by atoms with Crippen LogP contribution in [-0.2, 0) is 5.41 Å². The molecule has 0 fully saturated rings. The minimum atomic E-state index is -0.909. The van der Waals surface area contributed by atoms with Crippen LogP contribution in [0.4, 0.5) is 5.69 Å². The number of carboxylic acids is 1. The first-order valence-electron chi connectivity index (χ1n) is 8.53. The fraction of sp³-hybridized carbons (Fsp3) is 0.286. The summed E-state index contributed by atoms with van der Waals surface area (Å²) >= 11 is 0. The van der Waals surface area contributed by atoms with Crippen molar-refractivity contribution in [2.75, 3.05) is 11.4 Å². The highest BCUT2D eigenvalue weighted by Crippen LogP contribution is 2.54. The summed E-state index contributed by atoms with van der Waals surface area (Å²) in [6.45, 7) is 7.09. The molecule has 1 atom stereocenters. The zero-order chi connectivity index (χ0) is 17.8. The van der Waals surface area contributed by atoms with E-state index in [0.29, 0.717) is 5.56 Å². The third-order valence-corrected chi connectivity index (χ3v) is 5.49. The first kappa shape index (κ1) is 15.8. The van der Waals surface area contributed by atoms with Crippen LogP contribution in [0, 0.1) is 0 Å². The first-order chi connectivity index (χ1) is 11.9. The second-order valence-electron chi connectivity index (χ2n) is 7.08. The Morgan fingerprint density at radius 1 is 1.20 bits per heavy atom. The van der Waals surface area contributed by atoms with Crippen molar-refractivity contribution in [3.63, 3.8) is 0 Å². The molecule has 0 bridgehead atoms. The predicted octanol–water partition coefficient (Wildman–Crippen LogP) is 4.30. The van der Waals surface area contributed by atoms with Gasteiger partial charge in [0.25, 0.3) is 0 Å². The molecule has 1 N–H and O–H groups in total. The molecule has 1 spiro atoms. The van der Waals surface area contributed by atoms with Crippen molar-refractivity contribution in [1.82, 2.24) is 0 Å². The highest BCUT2D eigenvalue weighted by atomic mass is 16.5. The van der Waals surface area contributed by atoms with Gasteiger partial charge < -0.3 is 14.7 Å². The fourth-order valence-electron chi connectivity index (χ4n) is 4.12. The summed E-state index contributed by atoms with van der Waals surface area (Å²) in [7, 11) is 0. The van der Waals surface area contributed by atoms with Crippen molar-refractivity contribution >= 4 is 17.7 Å². The zero-order valence-corrected chi connectivity index (χ0v) is 14.6. The van der Waals surface area contributed by atoms with Crippen LogP contribution >= 0.6 is 0 Å². The molecule has 4 rings (SSSR count). The third-order valence-electron chi connectivity index (χ3n) is 5.49. The van der Waals surface area contributed by atoms with E-state index in [1.54, 1.807) is 12.1 Å². The molecule has 0 amide bonds. The van der Waals surface area contributed by atoms with Gasteiger partial charge in [-0.15, -0.1) is 0 Å². The Morgan fingerprint density at radius 3 is 2.68 bits per heavy atom. The van der Waals surface area contributed by atoms with Crippen LogP contribution in [0.5, 0.6) is 5.75 Å². The van der Waals surface area contributed by atoms with Crippen molar-refractivity contribution < 1.29 is 14.6 Å². The molecule has 0 saturated heterocycles. The lowest BCUT2D eigenvalue weighted by Crippen LogP contribution is -2.59. The second kappa shape index (κ2) is 5.12. The van der Waals surface area contributed by atoms with Crippen LogP contribution in [-0.4, -0.2) is 23.3 Å². The quantitative estimate of drug-likeness (QED) is 0.889. The fourth-order valence-corrected chi connectivity index (χ4v) is 4.12. The maximum atomic E-state index is 11.4. The second-order valence-corrected chi connectivity index (χ2v) is 7.08. The number of hydrogen-bond donors (Lipinski definition) is 1. The Balaban J connectivity index is 1.92. The van der Waals surface area contributed by atoms with E-state index in [1.807, 2.05) is 30.3 Å². The first-order valence-corrected chi connectivity index (χ1v) is 8.53. The highest BCUT2D eigenvalue weighted by molar-refractivity contribution is 5.89. The van der Waals surface area contributed by atoms with Crippen LogP contribution in [0.2, 0.25) is 0 Å². The molecule has 4 heteroatoms. The lowest BCUT2D eigenvalue weighted by Gasteiger charge is -2.46. The Bertz CT molecular complexity index is 900. The normalized spacial score (nSPS) is 22.4. The largest absolute Gasteiger partial charge is 0.478 e. The Kier molecular flexibility index (Phi) is 3.23. The maximum absolute atomic E-state index is 11.4. The van der Waals surface area contributed by atoms with Gasteiger partial charge in [-0.2, -0.15) is 0 Å². The van der Waals surface area contributed by atoms with Crippen LogP contribution in [0.25, 0.3) is 6.08 Å². The summed E-state index contributed by atoms with van der Waals surface area (Å²) in [5, 5.41) is 9.38. The van der Waals surface area contributed by atoms with E-state index >= 15 is 0 Å². The van der Waals surface area contributed by atoms with Crippen LogP contribution < -0.4 is 9.64 Å². The molecule has 0 aliphatic carbocycles. The van der Waals surface area contributed by atoms with Gasteiger partial charge in [-0.25, -0.2) is 4.79 Å². The molecule has 2 aliphatic heterocycles. The monoisotopic (exact) mass is 335 g/mol. The molecule has 0 saturated carbocycles. The minimum Gasteiger partial charge on any atom is -0.478 e. The van der Waals surface area contributed by atoms with E-state index in [1.165, 1.54) is 0 Å². The number of hydrogen-bond acceptors (Lipinski definition) is 3. The highest BCUT2D eigenvalue weighted by Gasteiger charge is 2.58. The van der Waals surface area contributed by atoms with Crippen molar-refractivity contribution in [1.29, 1.82) is 0 Å². The lowest BCUT2D eigenvalue weighted by atomic mass is 9.76. The summed E-state index contributed by atoms with van der Waals surface area (Å²) in [5.74, 6) is -0.0594. The number of rotatable bonds is 2. The lowest BCUT2D eigenvalue weighted by molar-refractivity contribution is 0.0543. The summed E-state index contributed by atoms with van der Waals surface area (Å²) in [6.07, 6.45) is 4.21. The number of fused-ring (bicyclic) bond motifs is 2. The third kappa shape index (κ3) is 1.97. The van der Waals surface area contributed by atoms with Gasteiger partial charge in [0.05, 0.1) is 11.0 Å². The van der Waals surface area contributed by atoms with Gasteiger partial charge >= 0.3 is 5.97 Å². The van der Waals surface area contributed by atoms with Crippen molar-refractivity contribution in [3.05, 3.63) is 65.2 Å². The Labute approximate surface area is 147 Å². The van der Waals surface area contributed by atoms with E-state index in [2.05, 4.69) is 37.8 Å². The van der Waals surface area contributed by atoms with Crippen molar-refractivity contribution in [2.24, 2.45) is 0 Å². The van der Waals surface area contributed by atoms with Crippen molar-refractivity contribution in [3.8, 4) is 5.75 Å². The molecular formula is C21H21NO3. The van der Waals surface area contributed by atoms with Gasteiger partial charge in [-0.05, 0) is 62.8 Å². The average molecular weight is 335 g/mol. The molecule has 2 aliphatic rings. The number of carbonyl (C=O) groups is 1. The SMILES string of the molecule is CCN1c2ccc(C(=O)O)cc2C(C)(C)C12C=Cc1ccccc1O2. The molecule has 25 heavy (non-hydrogen) atoms. The van der Waals surface area contributed by atoms with Gasteiger partial charge in [0.1, 0.15) is 5.75 Å². The topological polar surface area (TPSA) is 49.8 Å². The molecule has 2 aromatic carbocycles. The summed E-state index contributed by atoms with van der Waals surface area (Å²) < 4.78 is 6.57. The predicted molar refractivity (Wildman–Crippen MR) is 98.3 cm³/mol. The van der Waals surface area contributed by atoms with Gasteiger partial charge in [-0.3, -0.25) is 0 Å². The Morgan fingerprint density at radius 2 is 1.96 bits per heavy atom. The van der Waals surface area contributed by atoms with Crippen molar-refractivity contribution in [2.45, 2.75) is 31.9 Å². The van der Waals surface area contributed by atoms with E-state index in [-0.39, 0.29) is 0 Å². The molecule has 4 nitrogen and oxygen atoms in total. The number of para-hydroxylation sites is 1. The number of likely N-dealkylation sites (N-methyl/N-ethyl adjacent to an activating group) is 1. The van der Waals surface area contributed by atoms with Gasteiger partial charge in [0.15, 0.2) is 0 Å². The molecule has 1 unspecified atom stereocenters. The smallest absolute Gasteiger partial charge is 0.335 e. The molecule has 0 radical (unpaired) electrons. The summed E-state index contributed by atoms with van der Waals surface area (Å²) in [6, 6.07) is 13.3. The number of benzene rings is 2. The molecule has 2 heterocycles. The Hall–Kier alpha value is -2.75. The molecular weight excluding hydrogens is 314 g/mol. The zero-order valence-electron chi connectivity index (χ0n) is 14.6. The van der Waals surface area contributed by atoms with Crippen LogP contribution in [0.15, 0.2) is 48.5 Å². The van der Waals surface area contributed by atoms with E-state index in [0.717, 1.165) is 29.1 Å². The number of anilines is 1. The van der Waals surface area contributed by atoms with E-state index in [4.69, 9.17) is 4.74 Å². The van der Waals surface area contributed by atoms with Gasteiger partial charge in [0, 0.05) is 17.8 Å². The molecule has 0 aromatic heterocycles. The molecule has 2 aromatic rings. The molecule has 128 valence electrons. The standard InChI is InChI=1S/C21H21NO3/c1-4-22-17-10-9-15(19(23)24)13-16(17)20(2,3)21(22)12-11-14-7-5-6-8-18(14)25-21/h5-13H,4H2,1-3H3,(H,23,24). The van der Waals surface area contributed by atoms with Crippen LogP contribution in [0.3, 0.4) is 0 Å². The van der Waals surface area contributed by atoms with E-state index < -0.39 is 17.1 Å². The average Bonchev–Trinajstić information content (AvgIpc) is 2.78. The summed E-state index contributed by atoms with van der Waals surface area (Å²) in [4.78, 5) is 13.7. The summed E-state index contributed by atoms with van der Waals surface area (Å²) in [5.41, 5.74) is 2.31. The van der Waals surface area contributed by atoms with Gasteiger partial charge in [-0.1, -0.05) is 18.2 Å². The number of ether oxygens (including phenoxy) is 1.